The molecule has 216 valence electrons. The maximum atomic E-state index is 13.6. The van der Waals surface area contributed by atoms with Gasteiger partial charge in [0.15, 0.2) is 0 Å². The molecule has 0 aromatic heterocycles. The van der Waals surface area contributed by atoms with Gasteiger partial charge in [0.2, 0.25) is 10.0 Å². The number of carbonyl (C=O) groups is 1. The summed E-state index contributed by atoms with van der Waals surface area (Å²) in [5.74, 6) is -0.173. The summed E-state index contributed by atoms with van der Waals surface area (Å²) in [5.41, 5.74) is 6.75. The molecule has 0 bridgehead atoms. The summed E-state index contributed by atoms with van der Waals surface area (Å²) in [7, 11) is -9.80. The van der Waals surface area contributed by atoms with E-state index in [4.69, 9.17) is 19.7 Å². The van der Waals surface area contributed by atoms with Crippen molar-refractivity contribution in [1.82, 2.24) is 9.62 Å². The Bertz CT molecular complexity index is 1230. The number of nitrogens with zero attached hydrogens (tertiary/aromatic N) is 1. The van der Waals surface area contributed by atoms with Gasteiger partial charge in [-0.15, -0.1) is 0 Å². The summed E-state index contributed by atoms with van der Waals surface area (Å²) in [6.45, 7) is 3.66. The number of ether oxygens (including phenoxy) is 2. The molecular formula is C25H34N3Na2O9PS. The number of hydrogen-bond donors (Lipinski definition) is 2. The minimum Gasteiger partial charge on any atom is -0.790 e. The molecule has 0 radical (unpaired) electrons. The Labute approximate surface area is 285 Å². The van der Waals surface area contributed by atoms with Crippen molar-refractivity contribution in [2.75, 3.05) is 32.0 Å². The van der Waals surface area contributed by atoms with Gasteiger partial charge < -0.3 is 39.4 Å². The number of phosphoric acid groups is 1. The van der Waals surface area contributed by atoms with Gasteiger partial charge in [-0.1, -0.05) is 44.2 Å². The number of carbonyl (C=O) groups excluding carboxylic acids is 1. The molecule has 1 aliphatic rings. The zero-order chi connectivity index (χ0) is 28.6. The molecule has 0 saturated carbocycles. The van der Waals surface area contributed by atoms with Crippen LogP contribution in [0.2, 0.25) is 0 Å². The molecular weight excluding hydrogens is 595 g/mol. The molecule has 2 aromatic rings. The van der Waals surface area contributed by atoms with E-state index >= 15 is 0 Å². The van der Waals surface area contributed by atoms with Crippen molar-refractivity contribution in [3.05, 3.63) is 60.2 Å². The largest absolute Gasteiger partial charge is 1.00 e. The number of alkyl carbamates (subject to hydrolysis) is 1. The molecule has 3 rings (SSSR count). The average Bonchev–Trinajstić information content (AvgIpc) is 3.35. The Balaban J connectivity index is 0.00000420. The predicted molar refractivity (Wildman–Crippen MR) is 140 cm³/mol. The van der Waals surface area contributed by atoms with E-state index in [9.17, 15) is 27.6 Å². The van der Waals surface area contributed by atoms with Crippen LogP contribution in [0, 0.1) is 5.92 Å². The Hall–Kier alpha value is -0.510. The van der Waals surface area contributed by atoms with E-state index in [-0.39, 0.29) is 89.5 Å². The van der Waals surface area contributed by atoms with Crippen LogP contribution >= 0.6 is 7.82 Å². The number of benzene rings is 2. The zero-order valence-electron chi connectivity index (χ0n) is 23.8. The van der Waals surface area contributed by atoms with Crippen molar-refractivity contribution in [2.24, 2.45) is 5.92 Å². The number of rotatable bonds is 13. The van der Waals surface area contributed by atoms with Gasteiger partial charge in [-0.3, -0.25) is 0 Å². The van der Waals surface area contributed by atoms with E-state index in [1.165, 1.54) is 24.3 Å². The normalized spacial score (nSPS) is 16.9. The second-order valence-corrected chi connectivity index (χ2v) is 12.8. The second kappa shape index (κ2) is 17.7. The summed E-state index contributed by atoms with van der Waals surface area (Å²) in [5, 5.41) is 2.59. The van der Waals surface area contributed by atoms with E-state index < -0.39 is 48.7 Å². The molecule has 1 amide bonds. The van der Waals surface area contributed by atoms with Crippen LogP contribution in [0.1, 0.15) is 25.8 Å². The third-order valence-electron chi connectivity index (χ3n) is 5.95. The fraction of sp³-hybridized carbons (Fsp3) is 0.480. The Morgan fingerprint density at radius 3 is 2.29 bits per heavy atom. The number of nitrogens with one attached hydrogen (secondary N) is 1. The first-order valence-corrected chi connectivity index (χ1v) is 15.4. The number of phosphoric ester groups is 1. The number of amides is 1. The zero-order valence-corrected chi connectivity index (χ0v) is 29.5. The van der Waals surface area contributed by atoms with Crippen LogP contribution in [-0.4, -0.2) is 63.4 Å². The van der Waals surface area contributed by atoms with E-state index in [0.29, 0.717) is 24.3 Å². The minimum atomic E-state index is -5.62. The van der Waals surface area contributed by atoms with Gasteiger partial charge in [-0.05, 0) is 42.2 Å². The minimum absolute atomic E-state index is 0. The summed E-state index contributed by atoms with van der Waals surface area (Å²) in [6.07, 6.45) is -2.41. The standard InChI is InChI=1S/C25H36N3O9PS.2Na/c1-18(2)15-28(39(33,34)22-10-8-20(26)9-11-22)16-24(37-38(30,31)32)23(14-19-6-4-3-5-7-19)27-25(29)36-21-12-13-35-17-21;;/h3-11,18,21,23-24H,12-17,26H2,1-2H3,(H,27,29)(H2,30,31,32);;/q;2*+1/p-2/t21-,23-,24?;;/m0../s1. The van der Waals surface area contributed by atoms with Gasteiger partial charge in [0, 0.05) is 25.2 Å². The van der Waals surface area contributed by atoms with Crippen molar-refractivity contribution in [3.63, 3.8) is 0 Å². The smallest absolute Gasteiger partial charge is 0.790 e. The van der Waals surface area contributed by atoms with Crippen molar-refractivity contribution < 1.29 is 101 Å². The number of nitrogens with two attached hydrogens (primary N) is 1. The van der Waals surface area contributed by atoms with Crippen molar-refractivity contribution in [2.45, 2.75) is 49.8 Å². The van der Waals surface area contributed by atoms with Crippen molar-refractivity contribution >= 4 is 29.6 Å². The number of anilines is 1. The van der Waals surface area contributed by atoms with Crippen LogP contribution in [0.3, 0.4) is 0 Å². The third kappa shape index (κ3) is 12.9. The van der Waals surface area contributed by atoms with Gasteiger partial charge >= 0.3 is 65.2 Å². The first-order valence-electron chi connectivity index (χ1n) is 12.5. The molecule has 1 fully saturated rings. The molecule has 16 heteroatoms. The van der Waals surface area contributed by atoms with Crippen molar-refractivity contribution in [1.29, 1.82) is 0 Å². The molecule has 3 atom stereocenters. The second-order valence-electron chi connectivity index (χ2n) is 9.71. The SMILES string of the molecule is CC(C)CN(CC(OP(=O)([O-])[O-])[C@H](Cc1ccccc1)NC(=O)O[C@H]1CCOC1)S(=O)(=O)c1ccc(N)cc1.[Na+].[Na+]. The molecule has 3 N–H and O–H groups in total. The Morgan fingerprint density at radius 2 is 1.76 bits per heavy atom. The van der Waals surface area contributed by atoms with Gasteiger partial charge in [-0.25, -0.2) is 13.2 Å². The molecule has 12 nitrogen and oxygen atoms in total. The first kappa shape index (κ1) is 38.5. The maximum Gasteiger partial charge on any atom is 1.00 e. The molecule has 1 aliphatic heterocycles. The van der Waals surface area contributed by atoms with Crippen LogP contribution in [0.25, 0.3) is 0 Å². The van der Waals surface area contributed by atoms with Crippen molar-refractivity contribution in [3.8, 4) is 0 Å². The third-order valence-corrected chi connectivity index (χ3v) is 8.32. The Kier molecular flexibility index (Phi) is 16.6. The molecule has 0 spiro atoms. The van der Waals surface area contributed by atoms with Gasteiger partial charge in [0.1, 0.15) is 6.10 Å². The molecule has 1 saturated heterocycles. The summed E-state index contributed by atoms with van der Waals surface area (Å²) in [6, 6.07) is 13.1. The first-order chi connectivity index (χ1) is 18.3. The monoisotopic (exact) mass is 629 g/mol. The molecule has 2 aromatic carbocycles. The van der Waals surface area contributed by atoms with Gasteiger partial charge in [0.05, 0.1) is 38.1 Å². The molecule has 1 unspecified atom stereocenters. The number of sulfonamides is 1. The average molecular weight is 630 g/mol. The van der Waals surface area contributed by atoms with Crippen LogP contribution in [0.4, 0.5) is 10.5 Å². The number of hydrogen-bond acceptors (Lipinski definition) is 10. The summed E-state index contributed by atoms with van der Waals surface area (Å²) < 4.78 is 55.6. The molecule has 0 aliphatic carbocycles. The van der Waals surface area contributed by atoms with Crippen LogP contribution in [0.5, 0.6) is 0 Å². The molecule has 41 heavy (non-hydrogen) atoms. The molecule has 1 heterocycles. The van der Waals surface area contributed by atoms with E-state index in [1.54, 1.807) is 44.2 Å². The van der Waals surface area contributed by atoms with E-state index in [0.717, 1.165) is 4.31 Å². The van der Waals surface area contributed by atoms with Crippen LogP contribution < -0.4 is 80.0 Å². The van der Waals surface area contributed by atoms with Gasteiger partial charge in [-0.2, -0.15) is 4.31 Å². The maximum absolute atomic E-state index is 13.6. The Morgan fingerprint density at radius 1 is 1.12 bits per heavy atom. The van der Waals surface area contributed by atoms with E-state index in [2.05, 4.69) is 5.32 Å². The van der Waals surface area contributed by atoms with Gasteiger partial charge in [0.25, 0.3) is 0 Å². The van der Waals surface area contributed by atoms with Crippen LogP contribution in [-0.2, 0) is 35.0 Å². The number of nitrogen functional groups attached to an aromatic ring is 1. The fourth-order valence-corrected chi connectivity index (χ4v) is 6.31. The summed E-state index contributed by atoms with van der Waals surface area (Å²) >= 11 is 0. The fourth-order valence-electron chi connectivity index (χ4n) is 4.15. The predicted octanol–water partition coefficient (Wildman–Crippen LogP) is -4.74. The topological polar surface area (TPSA) is 183 Å². The quantitative estimate of drug-likeness (QED) is 0.124. The van der Waals surface area contributed by atoms with Crippen LogP contribution in [0.15, 0.2) is 59.5 Å². The summed E-state index contributed by atoms with van der Waals surface area (Å²) in [4.78, 5) is 36.4. The van der Waals surface area contributed by atoms with E-state index in [1.807, 2.05) is 0 Å².